The number of benzene rings is 1. The highest BCUT2D eigenvalue weighted by Gasteiger charge is 2.46. The van der Waals surface area contributed by atoms with E-state index in [-0.39, 0.29) is 5.91 Å². The van der Waals surface area contributed by atoms with E-state index in [1.165, 1.54) is 30.4 Å². The minimum Gasteiger partial charge on any atom is -0.370 e. The Bertz CT molecular complexity index is 663. The van der Waals surface area contributed by atoms with Crippen LogP contribution in [0.4, 0.5) is 11.4 Å². The second-order valence-corrected chi connectivity index (χ2v) is 9.18. The summed E-state index contributed by atoms with van der Waals surface area (Å²) in [6.45, 7) is 6.98. The number of hydrogen-bond donors (Lipinski definition) is 2. The number of hydrogen-bond acceptors (Lipinski definition) is 2. The van der Waals surface area contributed by atoms with Crippen LogP contribution in [0.5, 0.6) is 0 Å². The molecule has 3 aliphatic rings. The first-order valence-electron chi connectivity index (χ1n) is 9.63. The van der Waals surface area contributed by atoms with Crippen LogP contribution in [-0.2, 0) is 17.6 Å². The first kappa shape index (κ1) is 16.0. The topological polar surface area (TPSA) is 41.1 Å². The number of carbonyl (C=O) groups excluding carboxylic acids is 1. The van der Waals surface area contributed by atoms with E-state index in [1.807, 2.05) is 0 Å². The van der Waals surface area contributed by atoms with Gasteiger partial charge in [0.15, 0.2) is 0 Å². The third-order valence-corrected chi connectivity index (χ3v) is 6.60. The van der Waals surface area contributed by atoms with E-state index >= 15 is 0 Å². The van der Waals surface area contributed by atoms with Crippen molar-refractivity contribution in [2.75, 3.05) is 10.6 Å². The van der Waals surface area contributed by atoms with Crippen molar-refractivity contribution in [3.05, 3.63) is 23.3 Å². The van der Waals surface area contributed by atoms with Crippen LogP contribution in [-0.4, -0.2) is 11.4 Å². The van der Waals surface area contributed by atoms with Crippen molar-refractivity contribution >= 4 is 17.3 Å². The van der Waals surface area contributed by atoms with Crippen LogP contribution in [0.2, 0.25) is 0 Å². The van der Waals surface area contributed by atoms with Gasteiger partial charge in [0.2, 0.25) is 5.91 Å². The molecule has 1 heterocycles. The summed E-state index contributed by atoms with van der Waals surface area (Å²) in [6, 6.07) is 4.52. The molecule has 2 N–H and O–H groups in total. The molecule has 1 fully saturated rings. The van der Waals surface area contributed by atoms with Gasteiger partial charge < -0.3 is 10.6 Å². The van der Waals surface area contributed by atoms with Crippen molar-refractivity contribution in [2.24, 2.45) is 11.3 Å². The zero-order valence-electron chi connectivity index (χ0n) is 15.3. The van der Waals surface area contributed by atoms with Gasteiger partial charge in [0.1, 0.15) is 5.54 Å². The maximum Gasteiger partial charge on any atom is 0.250 e. The highest BCUT2D eigenvalue weighted by Crippen LogP contribution is 2.46. The van der Waals surface area contributed by atoms with Crippen LogP contribution in [0.25, 0.3) is 0 Å². The number of anilines is 2. The largest absolute Gasteiger partial charge is 0.370 e. The summed E-state index contributed by atoms with van der Waals surface area (Å²) < 4.78 is 0. The summed E-state index contributed by atoms with van der Waals surface area (Å²) >= 11 is 0. The Balaban J connectivity index is 1.59. The summed E-state index contributed by atoms with van der Waals surface area (Å²) in [5, 5.41) is 6.89. The summed E-state index contributed by atoms with van der Waals surface area (Å²) in [4.78, 5) is 12.9. The van der Waals surface area contributed by atoms with Crippen molar-refractivity contribution in [3.63, 3.8) is 0 Å². The molecule has 0 atom stereocenters. The predicted octanol–water partition coefficient (Wildman–Crippen LogP) is 4.90. The summed E-state index contributed by atoms with van der Waals surface area (Å²) in [5.41, 5.74) is 4.98. The fraction of sp³-hybridized carbons (Fsp3) is 0.667. The lowest BCUT2D eigenvalue weighted by Gasteiger charge is -2.46. The Morgan fingerprint density at radius 1 is 1.00 bits per heavy atom. The molecule has 1 amide bonds. The van der Waals surface area contributed by atoms with Crippen LogP contribution in [0.1, 0.15) is 70.4 Å². The van der Waals surface area contributed by atoms with Gasteiger partial charge in [-0.25, -0.2) is 0 Å². The molecule has 1 saturated carbocycles. The van der Waals surface area contributed by atoms with Crippen LogP contribution >= 0.6 is 0 Å². The third kappa shape index (κ3) is 2.62. The van der Waals surface area contributed by atoms with E-state index in [9.17, 15) is 4.79 Å². The lowest BCUT2D eigenvalue weighted by atomic mass is 9.66. The molecule has 2 aliphatic carbocycles. The quantitative estimate of drug-likeness (QED) is 0.711. The molecule has 1 aromatic carbocycles. The standard InChI is InChI=1S/C21H30N2O/c1-20(2,3)16-8-10-21(11-9-16)19(24)22-17-12-14-6-4-5-7-15(14)13-18(17)23-21/h12-13,16,23H,4-11H2,1-3H3,(H,22,24). The van der Waals surface area contributed by atoms with Gasteiger partial charge in [-0.3, -0.25) is 4.79 Å². The first-order chi connectivity index (χ1) is 11.4. The van der Waals surface area contributed by atoms with Crippen LogP contribution < -0.4 is 10.6 Å². The molecule has 0 aromatic heterocycles. The van der Waals surface area contributed by atoms with E-state index in [0.29, 0.717) is 11.3 Å². The molecule has 4 rings (SSSR count). The van der Waals surface area contributed by atoms with Gasteiger partial charge in [-0.2, -0.15) is 0 Å². The van der Waals surface area contributed by atoms with Gasteiger partial charge in [0, 0.05) is 0 Å². The molecule has 0 unspecified atom stereocenters. The molecule has 0 radical (unpaired) electrons. The van der Waals surface area contributed by atoms with Crippen molar-refractivity contribution in [1.82, 2.24) is 0 Å². The fourth-order valence-electron chi connectivity index (χ4n) is 4.88. The maximum absolute atomic E-state index is 12.9. The molecular weight excluding hydrogens is 296 g/mol. The highest BCUT2D eigenvalue weighted by molar-refractivity contribution is 6.06. The van der Waals surface area contributed by atoms with Gasteiger partial charge in [0.05, 0.1) is 11.4 Å². The van der Waals surface area contributed by atoms with E-state index in [0.717, 1.165) is 43.5 Å². The maximum atomic E-state index is 12.9. The van der Waals surface area contributed by atoms with Gasteiger partial charge in [-0.1, -0.05) is 20.8 Å². The molecule has 1 aromatic rings. The molecule has 1 aliphatic heterocycles. The summed E-state index contributed by atoms with van der Waals surface area (Å²) in [7, 11) is 0. The third-order valence-electron chi connectivity index (χ3n) is 6.60. The average molecular weight is 326 g/mol. The van der Waals surface area contributed by atoms with Crippen LogP contribution in [0.15, 0.2) is 12.1 Å². The molecule has 130 valence electrons. The van der Waals surface area contributed by atoms with E-state index in [2.05, 4.69) is 43.5 Å². The van der Waals surface area contributed by atoms with Crippen LogP contribution in [0, 0.1) is 11.3 Å². The van der Waals surface area contributed by atoms with Crippen molar-refractivity contribution in [3.8, 4) is 0 Å². The van der Waals surface area contributed by atoms with Gasteiger partial charge >= 0.3 is 0 Å². The summed E-state index contributed by atoms with van der Waals surface area (Å²) in [6.07, 6.45) is 9.03. The molecule has 24 heavy (non-hydrogen) atoms. The monoisotopic (exact) mass is 326 g/mol. The highest BCUT2D eigenvalue weighted by atomic mass is 16.2. The Kier molecular flexibility index (Phi) is 3.67. The molecular formula is C21H30N2O. The van der Waals surface area contributed by atoms with E-state index in [4.69, 9.17) is 0 Å². The lowest BCUT2D eigenvalue weighted by Crippen LogP contribution is -2.55. The molecule has 3 nitrogen and oxygen atoms in total. The smallest absolute Gasteiger partial charge is 0.250 e. The number of amides is 1. The van der Waals surface area contributed by atoms with E-state index < -0.39 is 5.54 Å². The van der Waals surface area contributed by atoms with Crippen molar-refractivity contribution in [1.29, 1.82) is 0 Å². The number of carbonyl (C=O) groups is 1. The lowest BCUT2D eigenvalue weighted by molar-refractivity contribution is -0.122. The van der Waals surface area contributed by atoms with Gasteiger partial charge in [-0.15, -0.1) is 0 Å². The minimum atomic E-state index is -0.391. The predicted molar refractivity (Wildman–Crippen MR) is 99.5 cm³/mol. The number of fused-ring (bicyclic) bond motifs is 2. The van der Waals surface area contributed by atoms with Gasteiger partial charge in [-0.05, 0) is 86.0 Å². The van der Waals surface area contributed by atoms with E-state index in [1.54, 1.807) is 0 Å². The normalized spacial score (nSPS) is 29.5. The number of rotatable bonds is 0. The second kappa shape index (κ2) is 5.50. The summed E-state index contributed by atoms with van der Waals surface area (Å²) in [5.74, 6) is 0.890. The molecule has 1 spiro atoms. The van der Waals surface area contributed by atoms with Gasteiger partial charge in [0.25, 0.3) is 0 Å². The van der Waals surface area contributed by atoms with Crippen LogP contribution in [0.3, 0.4) is 0 Å². The average Bonchev–Trinajstić information content (AvgIpc) is 2.54. The number of nitrogens with one attached hydrogen (secondary N) is 2. The Labute approximate surface area is 145 Å². The van der Waals surface area contributed by atoms with Crippen molar-refractivity contribution in [2.45, 2.75) is 77.7 Å². The molecule has 3 heteroatoms. The zero-order valence-corrected chi connectivity index (χ0v) is 15.3. The Morgan fingerprint density at radius 2 is 1.58 bits per heavy atom. The Hall–Kier alpha value is -1.51. The Morgan fingerprint density at radius 3 is 2.17 bits per heavy atom. The zero-order chi connectivity index (χ0) is 16.9. The minimum absolute atomic E-state index is 0.179. The second-order valence-electron chi connectivity index (χ2n) is 9.18. The number of aryl methyl sites for hydroxylation is 2. The molecule has 0 bridgehead atoms. The first-order valence-corrected chi connectivity index (χ1v) is 9.63. The fourth-order valence-corrected chi connectivity index (χ4v) is 4.88. The SMILES string of the molecule is CC(C)(C)C1CCC2(CC1)Nc1cc3c(cc1NC2=O)CCCC3. The molecule has 0 saturated heterocycles. The van der Waals surface area contributed by atoms with Crippen molar-refractivity contribution < 1.29 is 4.79 Å².